The molecular weight excluding hydrogens is 252 g/mol. The summed E-state index contributed by atoms with van der Waals surface area (Å²) in [5, 5.41) is 0. The van der Waals surface area contributed by atoms with Gasteiger partial charge in [0.25, 0.3) is 0 Å². The molecule has 1 fully saturated rings. The fourth-order valence-electron chi connectivity index (χ4n) is 2.98. The van der Waals surface area contributed by atoms with Crippen LogP contribution in [-0.2, 0) is 22.7 Å². The lowest BCUT2D eigenvalue weighted by Gasteiger charge is -2.23. The average Bonchev–Trinajstić information content (AvgIpc) is 2.79. The van der Waals surface area contributed by atoms with E-state index >= 15 is 0 Å². The number of hydrogen-bond donors (Lipinski definition) is 0. The van der Waals surface area contributed by atoms with Crippen molar-refractivity contribution < 1.29 is 9.59 Å². The molecule has 0 saturated carbocycles. The van der Waals surface area contributed by atoms with Crippen molar-refractivity contribution in [1.29, 1.82) is 0 Å². The standard InChI is InChI=1S/C16H20N2O2/c19-15-8-2-1-5-9-17(15)12-16(20)18-10-13-6-3-4-7-14(13)11-18/h3-4,6-7H,1-2,5,8-12H2. The van der Waals surface area contributed by atoms with Gasteiger partial charge in [0.1, 0.15) is 0 Å². The third-order valence-electron chi connectivity index (χ3n) is 4.19. The van der Waals surface area contributed by atoms with Crippen LogP contribution in [0.1, 0.15) is 36.8 Å². The molecule has 2 aliphatic heterocycles. The Bertz CT molecular complexity index is 502. The summed E-state index contributed by atoms with van der Waals surface area (Å²) in [4.78, 5) is 27.9. The van der Waals surface area contributed by atoms with E-state index in [-0.39, 0.29) is 18.4 Å². The van der Waals surface area contributed by atoms with Crippen LogP contribution in [-0.4, -0.2) is 34.7 Å². The fourth-order valence-corrected chi connectivity index (χ4v) is 2.98. The Morgan fingerprint density at radius 2 is 1.75 bits per heavy atom. The molecule has 2 amide bonds. The van der Waals surface area contributed by atoms with Gasteiger partial charge in [0.15, 0.2) is 0 Å². The lowest BCUT2D eigenvalue weighted by Crippen LogP contribution is -2.40. The number of fused-ring (bicyclic) bond motifs is 1. The highest BCUT2D eigenvalue weighted by Gasteiger charge is 2.26. The number of amides is 2. The summed E-state index contributed by atoms with van der Waals surface area (Å²) in [5.41, 5.74) is 2.45. The zero-order chi connectivity index (χ0) is 13.9. The maximum atomic E-state index is 12.4. The Morgan fingerprint density at radius 3 is 2.45 bits per heavy atom. The summed E-state index contributed by atoms with van der Waals surface area (Å²) in [7, 11) is 0. The third kappa shape index (κ3) is 2.69. The molecule has 1 aromatic rings. The minimum Gasteiger partial charge on any atom is -0.333 e. The zero-order valence-electron chi connectivity index (χ0n) is 11.7. The highest BCUT2D eigenvalue weighted by atomic mass is 16.2. The Balaban J connectivity index is 1.62. The van der Waals surface area contributed by atoms with E-state index in [1.165, 1.54) is 11.1 Å². The monoisotopic (exact) mass is 272 g/mol. The van der Waals surface area contributed by atoms with Gasteiger partial charge in [0.2, 0.25) is 11.8 Å². The quantitative estimate of drug-likeness (QED) is 0.825. The van der Waals surface area contributed by atoms with Crippen molar-refractivity contribution in [3.05, 3.63) is 35.4 Å². The van der Waals surface area contributed by atoms with Crippen molar-refractivity contribution in [3.8, 4) is 0 Å². The van der Waals surface area contributed by atoms with Crippen LogP contribution < -0.4 is 0 Å². The van der Waals surface area contributed by atoms with E-state index < -0.39 is 0 Å². The minimum absolute atomic E-state index is 0.0662. The third-order valence-corrected chi connectivity index (χ3v) is 4.19. The minimum atomic E-state index is 0.0662. The van der Waals surface area contributed by atoms with Crippen molar-refractivity contribution in [2.75, 3.05) is 13.1 Å². The molecule has 0 aromatic heterocycles. The lowest BCUT2D eigenvalue weighted by atomic mass is 10.1. The second kappa shape index (κ2) is 5.65. The van der Waals surface area contributed by atoms with Crippen molar-refractivity contribution >= 4 is 11.8 Å². The molecule has 0 aliphatic carbocycles. The maximum absolute atomic E-state index is 12.4. The van der Waals surface area contributed by atoms with Crippen molar-refractivity contribution in [2.45, 2.75) is 38.8 Å². The molecule has 20 heavy (non-hydrogen) atoms. The van der Waals surface area contributed by atoms with E-state index in [0.717, 1.165) is 25.8 Å². The number of carbonyl (C=O) groups excluding carboxylic acids is 2. The number of likely N-dealkylation sites (tertiary alicyclic amines) is 1. The molecule has 4 heteroatoms. The Morgan fingerprint density at radius 1 is 1.05 bits per heavy atom. The van der Waals surface area contributed by atoms with Crippen LogP contribution in [0, 0.1) is 0 Å². The van der Waals surface area contributed by atoms with E-state index in [9.17, 15) is 9.59 Å². The summed E-state index contributed by atoms with van der Waals surface area (Å²) in [6, 6.07) is 8.15. The predicted octanol–water partition coefficient (Wildman–Crippen LogP) is 1.93. The number of carbonyl (C=O) groups is 2. The molecule has 1 aromatic carbocycles. The largest absolute Gasteiger partial charge is 0.333 e. The number of rotatable bonds is 2. The Kier molecular flexibility index (Phi) is 3.72. The molecule has 0 bridgehead atoms. The normalized spacial score (nSPS) is 18.9. The van der Waals surface area contributed by atoms with Gasteiger partial charge in [-0.15, -0.1) is 0 Å². The molecule has 2 aliphatic rings. The summed E-state index contributed by atoms with van der Waals surface area (Å²) < 4.78 is 0. The van der Waals surface area contributed by atoms with Gasteiger partial charge in [0.05, 0.1) is 6.54 Å². The highest BCUT2D eigenvalue weighted by molar-refractivity contribution is 5.85. The highest BCUT2D eigenvalue weighted by Crippen LogP contribution is 2.22. The molecule has 0 unspecified atom stereocenters. The number of benzene rings is 1. The maximum Gasteiger partial charge on any atom is 0.242 e. The molecule has 2 heterocycles. The first kappa shape index (κ1) is 13.2. The molecule has 0 radical (unpaired) electrons. The zero-order valence-corrected chi connectivity index (χ0v) is 11.7. The molecule has 106 valence electrons. The topological polar surface area (TPSA) is 40.6 Å². The average molecular weight is 272 g/mol. The van der Waals surface area contributed by atoms with E-state index in [1.807, 2.05) is 17.0 Å². The van der Waals surface area contributed by atoms with Gasteiger partial charge in [-0.2, -0.15) is 0 Å². The summed E-state index contributed by atoms with van der Waals surface area (Å²) >= 11 is 0. The summed E-state index contributed by atoms with van der Waals surface area (Å²) in [6.45, 7) is 2.33. The van der Waals surface area contributed by atoms with Crippen LogP contribution in [0.4, 0.5) is 0 Å². The van der Waals surface area contributed by atoms with Gasteiger partial charge in [-0.05, 0) is 24.0 Å². The van der Waals surface area contributed by atoms with Gasteiger partial charge in [-0.1, -0.05) is 30.7 Å². The second-order valence-corrected chi connectivity index (χ2v) is 5.64. The van der Waals surface area contributed by atoms with Gasteiger partial charge < -0.3 is 9.80 Å². The van der Waals surface area contributed by atoms with Crippen LogP contribution >= 0.6 is 0 Å². The molecule has 0 N–H and O–H groups in total. The molecular formula is C16H20N2O2. The van der Waals surface area contributed by atoms with E-state index in [4.69, 9.17) is 0 Å². The smallest absolute Gasteiger partial charge is 0.242 e. The predicted molar refractivity (Wildman–Crippen MR) is 75.7 cm³/mol. The molecule has 0 atom stereocenters. The summed E-state index contributed by atoms with van der Waals surface area (Å²) in [5.74, 6) is 0.198. The van der Waals surface area contributed by atoms with Crippen LogP contribution in [0.25, 0.3) is 0 Å². The van der Waals surface area contributed by atoms with Crippen molar-refractivity contribution in [3.63, 3.8) is 0 Å². The van der Waals surface area contributed by atoms with E-state index in [1.54, 1.807) is 4.90 Å². The SMILES string of the molecule is O=C1CCCCCN1CC(=O)N1Cc2ccccc2C1. The first-order valence-corrected chi connectivity index (χ1v) is 7.36. The number of hydrogen-bond acceptors (Lipinski definition) is 2. The van der Waals surface area contributed by atoms with Gasteiger partial charge in [-0.25, -0.2) is 0 Å². The first-order chi connectivity index (χ1) is 9.74. The first-order valence-electron chi connectivity index (χ1n) is 7.36. The van der Waals surface area contributed by atoms with Crippen molar-refractivity contribution in [1.82, 2.24) is 9.80 Å². The Labute approximate surface area is 119 Å². The molecule has 1 saturated heterocycles. The molecule has 0 spiro atoms. The second-order valence-electron chi connectivity index (χ2n) is 5.64. The lowest BCUT2D eigenvalue weighted by molar-refractivity contribution is -0.140. The van der Waals surface area contributed by atoms with Crippen LogP contribution in [0.15, 0.2) is 24.3 Å². The van der Waals surface area contributed by atoms with Gasteiger partial charge >= 0.3 is 0 Å². The van der Waals surface area contributed by atoms with Crippen LogP contribution in [0.3, 0.4) is 0 Å². The summed E-state index contributed by atoms with van der Waals surface area (Å²) in [6.07, 6.45) is 3.65. The van der Waals surface area contributed by atoms with Crippen molar-refractivity contribution in [2.24, 2.45) is 0 Å². The Hall–Kier alpha value is -1.84. The van der Waals surface area contributed by atoms with Crippen LogP contribution in [0.5, 0.6) is 0 Å². The van der Waals surface area contributed by atoms with E-state index in [0.29, 0.717) is 19.5 Å². The molecule has 4 nitrogen and oxygen atoms in total. The number of nitrogens with zero attached hydrogens (tertiary/aromatic N) is 2. The molecule has 3 rings (SSSR count). The van der Waals surface area contributed by atoms with Gasteiger partial charge in [-0.3, -0.25) is 9.59 Å². The fraction of sp³-hybridized carbons (Fsp3) is 0.500. The van der Waals surface area contributed by atoms with E-state index in [2.05, 4.69) is 12.1 Å². The van der Waals surface area contributed by atoms with Crippen LogP contribution in [0.2, 0.25) is 0 Å². The van der Waals surface area contributed by atoms with Gasteiger partial charge in [0, 0.05) is 26.1 Å².